The summed E-state index contributed by atoms with van der Waals surface area (Å²) in [4.78, 5) is 16.0. The lowest BCUT2D eigenvalue weighted by Crippen LogP contribution is -2.22. The van der Waals surface area contributed by atoms with Crippen LogP contribution < -0.4 is 4.72 Å². The zero-order valence-corrected chi connectivity index (χ0v) is 14.1. The van der Waals surface area contributed by atoms with Crippen molar-refractivity contribution in [3.63, 3.8) is 0 Å². The number of amidine groups is 1. The van der Waals surface area contributed by atoms with Crippen LogP contribution in [0.5, 0.6) is 0 Å². The Morgan fingerprint density at radius 3 is 2.60 bits per heavy atom. The molecule has 1 aliphatic rings. The Balaban J connectivity index is 1.54. The van der Waals surface area contributed by atoms with Crippen LogP contribution in [0.4, 0.5) is 0 Å². The largest absolute Gasteiger partial charge is 0.461 e. The summed E-state index contributed by atoms with van der Waals surface area (Å²) in [6.45, 7) is 0.225. The minimum atomic E-state index is -3.55. The Bertz CT molecular complexity index is 935. The molecule has 7 heteroatoms. The smallest absolute Gasteiger partial charge is 0.330 e. The van der Waals surface area contributed by atoms with Crippen LogP contribution >= 0.6 is 0 Å². The fourth-order valence-electron chi connectivity index (χ4n) is 2.33. The zero-order valence-electron chi connectivity index (χ0n) is 13.3. The normalized spacial score (nSPS) is 16.6. The van der Waals surface area contributed by atoms with Gasteiger partial charge in [0, 0.05) is 11.6 Å². The van der Waals surface area contributed by atoms with Crippen molar-refractivity contribution in [3.05, 3.63) is 71.8 Å². The first-order valence-electron chi connectivity index (χ1n) is 7.63. The molecule has 25 heavy (non-hydrogen) atoms. The Morgan fingerprint density at radius 2 is 1.80 bits per heavy atom. The second kappa shape index (κ2) is 7.31. The van der Waals surface area contributed by atoms with Gasteiger partial charge in [-0.3, -0.25) is 9.71 Å². The lowest BCUT2D eigenvalue weighted by Gasteiger charge is -2.01. The second-order valence-corrected chi connectivity index (χ2v) is 6.89. The summed E-state index contributed by atoms with van der Waals surface area (Å²) in [5.74, 6) is -0.206. The van der Waals surface area contributed by atoms with Crippen molar-refractivity contribution in [2.75, 3.05) is 13.2 Å². The number of rotatable bonds is 5. The van der Waals surface area contributed by atoms with Gasteiger partial charge in [-0.1, -0.05) is 42.5 Å². The lowest BCUT2D eigenvalue weighted by atomic mass is 10.2. The molecule has 0 atom stereocenters. The number of benzene rings is 2. The van der Waals surface area contributed by atoms with Gasteiger partial charge in [0.15, 0.2) is 0 Å². The molecule has 0 fully saturated rings. The number of nitrogens with zero attached hydrogens (tertiary/aromatic N) is 1. The highest BCUT2D eigenvalue weighted by Crippen LogP contribution is 2.21. The number of carbonyl (C=O) groups excluding carboxylic acids is 1. The van der Waals surface area contributed by atoms with E-state index in [1.165, 1.54) is 12.1 Å². The molecule has 1 N–H and O–H groups in total. The standard InChI is InChI=1S/C18H16N2O4S/c21-17(11-10-14-6-2-1-3-7-14)24-13-12-19-18-15-8-4-5-9-16(15)25(22,23)20-18/h1-11H,12-13H2,(H,19,20)/b11-10+. The molecule has 3 rings (SSSR count). The summed E-state index contributed by atoms with van der Waals surface area (Å²) in [5, 5.41) is 0. The van der Waals surface area contributed by atoms with Crippen molar-refractivity contribution in [2.45, 2.75) is 4.90 Å². The highest BCUT2D eigenvalue weighted by atomic mass is 32.2. The van der Waals surface area contributed by atoms with E-state index in [0.29, 0.717) is 5.56 Å². The van der Waals surface area contributed by atoms with Gasteiger partial charge in [0.2, 0.25) is 0 Å². The SMILES string of the molecule is O=C(/C=C/c1ccccc1)OCCN=C1NS(=O)(=O)c2ccccc21. The van der Waals surface area contributed by atoms with Crippen LogP contribution in [-0.4, -0.2) is 33.4 Å². The van der Waals surface area contributed by atoms with Gasteiger partial charge in [-0.2, -0.15) is 0 Å². The molecule has 0 saturated carbocycles. The molecule has 0 aliphatic carbocycles. The van der Waals surface area contributed by atoms with Gasteiger partial charge < -0.3 is 4.74 Å². The quantitative estimate of drug-likeness (QED) is 0.504. The van der Waals surface area contributed by atoms with Gasteiger partial charge in [0.05, 0.1) is 11.4 Å². The van der Waals surface area contributed by atoms with Crippen molar-refractivity contribution < 1.29 is 17.9 Å². The molecule has 128 valence electrons. The summed E-state index contributed by atoms with van der Waals surface area (Å²) in [7, 11) is -3.55. The Hall–Kier alpha value is -2.93. The predicted molar refractivity (Wildman–Crippen MR) is 94.6 cm³/mol. The average Bonchev–Trinajstić information content (AvgIpc) is 2.89. The van der Waals surface area contributed by atoms with E-state index in [1.54, 1.807) is 24.3 Å². The third-order valence-electron chi connectivity index (χ3n) is 3.48. The molecule has 2 aromatic rings. The summed E-state index contributed by atoms with van der Waals surface area (Å²) in [5.41, 5.74) is 1.43. The number of sulfonamides is 1. The highest BCUT2D eigenvalue weighted by Gasteiger charge is 2.29. The van der Waals surface area contributed by atoms with Crippen LogP contribution in [0.1, 0.15) is 11.1 Å². The van der Waals surface area contributed by atoms with Crippen molar-refractivity contribution in [3.8, 4) is 0 Å². The van der Waals surface area contributed by atoms with Gasteiger partial charge >= 0.3 is 5.97 Å². The Kier molecular flexibility index (Phi) is 4.95. The predicted octanol–water partition coefficient (Wildman–Crippen LogP) is 1.98. The molecule has 6 nitrogen and oxygen atoms in total. The summed E-state index contributed by atoms with van der Waals surface area (Å²) in [6, 6.07) is 16.0. The number of aliphatic imine (C=N–C) groups is 1. The molecule has 0 spiro atoms. The van der Waals surface area contributed by atoms with Crippen LogP contribution in [0.15, 0.2) is 70.6 Å². The van der Waals surface area contributed by atoms with Crippen LogP contribution in [0.3, 0.4) is 0 Å². The number of ether oxygens (including phenoxy) is 1. The molecule has 0 bridgehead atoms. The molecule has 0 saturated heterocycles. The Morgan fingerprint density at radius 1 is 1.08 bits per heavy atom. The highest BCUT2D eigenvalue weighted by molar-refractivity contribution is 7.90. The van der Waals surface area contributed by atoms with E-state index in [9.17, 15) is 13.2 Å². The fraction of sp³-hybridized carbons (Fsp3) is 0.111. The number of hydrogen-bond donors (Lipinski definition) is 1. The van der Waals surface area contributed by atoms with Gasteiger partial charge in [0.25, 0.3) is 10.0 Å². The van der Waals surface area contributed by atoms with Crippen LogP contribution in [-0.2, 0) is 19.6 Å². The van der Waals surface area contributed by atoms with Crippen molar-refractivity contribution >= 4 is 27.9 Å². The number of nitrogens with one attached hydrogen (secondary N) is 1. The maximum atomic E-state index is 11.9. The van der Waals surface area contributed by atoms with Gasteiger partial charge in [-0.05, 0) is 23.8 Å². The molecular formula is C18H16N2O4S. The summed E-state index contributed by atoms with van der Waals surface area (Å²) >= 11 is 0. The molecule has 2 aromatic carbocycles. The maximum Gasteiger partial charge on any atom is 0.330 e. The molecule has 0 aromatic heterocycles. The van der Waals surface area contributed by atoms with Crippen LogP contribution in [0, 0.1) is 0 Å². The van der Waals surface area contributed by atoms with Crippen molar-refractivity contribution in [2.24, 2.45) is 4.99 Å². The number of hydrogen-bond acceptors (Lipinski definition) is 5. The van der Waals surface area contributed by atoms with E-state index < -0.39 is 16.0 Å². The monoisotopic (exact) mass is 356 g/mol. The topological polar surface area (TPSA) is 84.8 Å². The van der Waals surface area contributed by atoms with E-state index in [4.69, 9.17) is 4.74 Å². The Labute approximate surface area is 145 Å². The van der Waals surface area contributed by atoms with Crippen LogP contribution in [0.25, 0.3) is 6.08 Å². The lowest BCUT2D eigenvalue weighted by molar-refractivity contribution is -0.137. The minimum absolute atomic E-state index is 0.0609. The van der Waals surface area contributed by atoms with E-state index >= 15 is 0 Å². The molecular weight excluding hydrogens is 340 g/mol. The third kappa shape index (κ3) is 4.13. The van der Waals surface area contributed by atoms with Gasteiger partial charge in [-0.25, -0.2) is 13.2 Å². The molecule has 1 heterocycles. The second-order valence-electron chi connectivity index (χ2n) is 5.24. The summed E-state index contributed by atoms with van der Waals surface area (Å²) in [6.07, 6.45) is 3.01. The molecule has 1 aliphatic heterocycles. The van der Waals surface area contributed by atoms with Crippen molar-refractivity contribution in [1.82, 2.24) is 4.72 Å². The number of fused-ring (bicyclic) bond motifs is 1. The number of carbonyl (C=O) groups is 1. The number of esters is 1. The van der Waals surface area contributed by atoms with E-state index in [2.05, 4.69) is 9.71 Å². The first-order valence-corrected chi connectivity index (χ1v) is 9.11. The fourth-order valence-corrected chi connectivity index (χ4v) is 3.58. The minimum Gasteiger partial charge on any atom is -0.461 e. The van der Waals surface area contributed by atoms with Gasteiger partial charge in [-0.15, -0.1) is 0 Å². The first kappa shape index (κ1) is 16.9. The van der Waals surface area contributed by atoms with Crippen molar-refractivity contribution in [1.29, 1.82) is 0 Å². The summed E-state index contributed by atoms with van der Waals surface area (Å²) < 4.78 is 31.3. The molecule has 0 unspecified atom stereocenters. The van der Waals surface area contributed by atoms with E-state index in [1.807, 2.05) is 30.3 Å². The zero-order chi connectivity index (χ0) is 17.7. The van der Waals surface area contributed by atoms with Crippen LogP contribution in [0.2, 0.25) is 0 Å². The average molecular weight is 356 g/mol. The van der Waals surface area contributed by atoms with E-state index in [-0.39, 0.29) is 23.9 Å². The third-order valence-corrected chi connectivity index (χ3v) is 4.88. The van der Waals surface area contributed by atoms with E-state index in [0.717, 1.165) is 5.56 Å². The first-order chi connectivity index (χ1) is 12.1. The van der Waals surface area contributed by atoms with Gasteiger partial charge in [0.1, 0.15) is 12.4 Å². The molecule has 0 amide bonds. The maximum absolute atomic E-state index is 11.9. The molecule has 0 radical (unpaired) electrons.